The number of fused-ring (bicyclic) bond motifs is 1. The number of benzene rings is 2. The first-order chi connectivity index (χ1) is 54.9. The zero-order valence-corrected chi connectivity index (χ0v) is 88.1. The molecule has 11 aliphatic rings. The largest absolute Gasteiger partial charge is 1.00 e. The Morgan fingerprint density at radius 2 is 1.12 bits per heavy atom. The van der Waals surface area contributed by atoms with Gasteiger partial charge in [0.1, 0.15) is 44.5 Å². The van der Waals surface area contributed by atoms with Crippen molar-refractivity contribution in [3.63, 3.8) is 0 Å². The van der Waals surface area contributed by atoms with E-state index in [2.05, 4.69) is 141 Å². The van der Waals surface area contributed by atoms with Crippen LogP contribution < -0.4 is 5.32 Å². The number of ether oxygens (including phenoxy) is 11. The molecule has 39 heteroatoms. The summed E-state index contributed by atoms with van der Waals surface area (Å²) in [5.41, 5.74) is 2.42. The van der Waals surface area contributed by atoms with Crippen LogP contribution >= 0.6 is 59.8 Å². The maximum absolute atomic E-state index is 10.4. The third-order valence-electron chi connectivity index (χ3n) is 21.1. The quantitative estimate of drug-likeness (QED) is 0.0262. The van der Waals surface area contributed by atoms with Gasteiger partial charge >= 0.3 is 25.0 Å². The van der Waals surface area contributed by atoms with Crippen molar-refractivity contribution in [1.82, 2.24) is 9.99 Å². The number of hydrogen-bond donors (Lipinski definition) is 6. The van der Waals surface area contributed by atoms with E-state index in [0.29, 0.717) is 56.3 Å². The van der Waals surface area contributed by atoms with Crippen molar-refractivity contribution in [1.29, 1.82) is 0 Å². The second-order valence-corrected chi connectivity index (χ2v) is 35.5. The molecule has 11 fully saturated rings. The van der Waals surface area contributed by atoms with Gasteiger partial charge in [0, 0.05) is 170 Å². The minimum Gasteiger partial charge on any atom is -0.546 e. The van der Waals surface area contributed by atoms with Crippen LogP contribution in [0.4, 0.5) is 0 Å². The molecule has 2 aromatic rings. The van der Waals surface area contributed by atoms with Gasteiger partial charge in [0.2, 0.25) is 0 Å². The molecule has 0 aliphatic carbocycles. The van der Waals surface area contributed by atoms with Crippen LogP contribution in [0.15, 0.2) is 60.7 Å². The van der Waals surface area contributed by atoms with Gasteiger partial charge in [-0.15, -0.1) is 43.6 Å². The minimum absolute atomic E-state index is 0. The fourth-order valence-electron chi connectivity index (χ4n) is 15.6. The van der Waals surface area contributed by atoms with Crippen LogP contribution in [-0.2, 0) is 105 Å². The summed E-state index contributed by atoms with van der Waals surface area (Å²) >= 11 is 4.89. The van der Waals surface area contributed by atoms with E-state index in [-0.39, 0.29) is 206 Å². The predicted molar refractivity (Wildman–Crippen MR) is 469 cm³/mol. The first-order valence-electron chi connectivity index (χ1n) is 40.9. The molecule has 15 unspecified atom stereocenters. The fourth-order valence-corrected chi connectivity index (χ4v) is 20.8. The minimum atomic E-state index is -3.52. The summed E-state index contributed by atoms with van der Waals surface area (Å²) in [4.78, 5) is 18.5. The first kappa shape index (κ1) is 116. The van der Waals surface area contributed by atoms with Crippen LogP contribution in [0.25, 0.3) is 0 Å². The molecule has 13 rings (SSSR count). The van der Waals surface area contributed by atoms with Gasteiger partial charge in [0.25, 0.3) is 8.53 Å². The van der Waals surface area contributed by atoms with Crippen molar-refractivity contribution in [2.24, 2.45) is 0 Å². The first-order valence-corrected chi connectivity index (χ1v) is 50.3. The number of rotatable bonds is 28. The number of nitrogens with zero attached hydrogens (tertiary/aromatic N) is 1. The maximum atomic E-state index is 10.4. The Bertz CT molecular complexity index is 2880. The van der Waals surface area contributed by atoms with Crippen molar-refractivity contribution in [3.8, 4) is 0 Å². The van der Waals surface area contributed by atoms with E-state index in [1.54, 1.807) is 21.3 Å². The molecule has 11 saturated heterocycles. The average molecular weight is 2250 g/mol. The third kappa shape index (κ3) is 39.0. The predicted octanol–water partition coefficient (Wildman–Crippen LogP) is 13.3. The molecular weight excluding hydrogens is 2110 g/mol. The van der Waals surface area contributed by atoms with Gasteiger partial charge < -0.3 is 109 Å². The average Bonchev–Trinajstić information content (AvgIpc) is 1.62. The van der Waals surface area contributed by atoms with Crippen LogP contribution in [0, 0.1) is 77.7 Å². The molecule has 11 aliphatic heterocycles. The molecule has 671 valence electrons. The number of nitrogens with one attached hydrogen (secondary N) is 1. The summed E-state index contributed by atoms with van der Waals surface area (Å²) < 4.78 is 121. The van der Waals surface area contributed by atoms with Crippen LogP contribution in [0.1, 0.15) is 198 Å². The van der Waals surface area contributed by atoms with Gasteiger partial charge in [-0.1, -0.05) is 108 Å². The second kappa shape index (κ2) is 63.8. The van der Waals surface area contributed by atoms with Gasteiger partial charge in [0.05, 0.1) is 136 Å². The number of aliphatic hydroxyl groups is 3. The van der Waals surface area contributed by atoms with E-state index in [4.69, 9.17) is 123 Å². The molecule has 0 spiro atoms. The van der Waals surface area contributed by atoms with Gasteiger partial charge in [-0.3, -0.25) is 0 Å². The zero-order chi connectivity index (χ0) is 84.0. The standard InChI is InChI=1S/C25H40NO6P.C18H26NO3P.C10H17BO7PS.C8H16O2.C7H13O4P.C7H14O3.3CH5P.B.Th.U.H2/c1-5-21-23(15-18(3)29-21)31-33(28-16-24-22(27-4)14-17(2)30-24)32-25(20-12-9-13-26-20)19-10-7-6-8-11-19;1-3-16-17(12-13(2)20-16)21-23-19-11-7-10-15(19)18(22-23)14-8-5-4-6-9-14;11-10-3-7(8(4-12)17-10)18-19(14,20)16-5-9-6(13)1-2-15-9;1-4-7-8(9-3)5-6(2)10-7;1-3-6-7(11-12(8)9)4-5(2)10-6;1-5-3-6(9-2)7(4-8)10-5;3*1-2;;;;/h6-8,10-11,17-18,20-26H,5,9,12-16H2,1-4H3;4-6,8-9,13,15-18H,3,7,10-12H2,1-2H3;2,6-10,12-13H,1,3-5H2,(H,14,20);6-8H,4-5H2,1-3H3;5-7H,3-4H2,1-2H3;5-8H,3-4H2,1-2H3;3*2H2,1H3;;;;1H/q;;-1;;;;;;;;;;/p+2/t17-,18-,20?,21+,22?,23?,24+,25+,33+;13-,15?,16+,17?,18+,23-;6?,7?,8-,9-,10-,19?;6-,7+,8?;5-,6+,7?;5-,6?,7+;;;;;;;/m001000......./s1. The Morgan fingerprint density at radius 3 is 1.60 bits per heavy atom. The molecule has 2 aromatic carbocycles. The van der Waals surface area contributed by atoms with Crippen LogP contribution in [0.5, 0.6) is 0 Å². The van der Waals surface area contributed by atoms with Crippen molar-refractivity contribution in [3.05, 3.63) is 78.4 Å². The second-order valence-electron chi connectivity index (χ2n) is 29.5. The van der Waals surface area contributed by atoms with Gasteiger partial charge in [0.15, 0.2) is 0 Å². The molecule has 6 N–H and O–H groups in total. The molecule has 117 heavy (non-hydrogen) atoms. The molecule has 0 saturated carbocycles. The summed E-state index contributed by atoms with van der Waals surface area (Å²) in [5, 5.41) is 31.0. The molecule has 5 radical (unpaired) electrons. The Morgan fingerprint density at radius 1 is 0.658 bits per heavy atom. The van der Waals surface area contributed by atoms with Crippen molar-refractivity contribution < 1.29 is 192 Å². The van der Waals surface area contributed by atoms with Gasteiger partial charge in [-0.2, -0.15) is 0 Å². The zero-order valence-electron chi connectivity index (χ0n) is 72.9. The monoisotopic (exact) mass is 2250 g/mol. The van der Waals surface area contributed by atoms with E-state index < -0.39 is 62.5 Å². The molecule has 0 aromatic heterocycles. The van der Waals surface area contributed by atoms with E-state index >= 15 is 0 Å². The summed E-state index contributed by atoms with van der Waals surface area (Å²) in [6, 6.07) is 21.1. The molecule has 27 nitrogen and oxygen atoms in total. The SMILES string of the molecule is CC[C@H]1O[C@@H](C)CC1OC.CC[C@H]1O[C@@H](C)CC1O[P+](=O)O.CC[C@H]1O[C@@H](C)CC1O[P@@](OC[C@H]1O[C@@H](C)CC1OC)O[C@H](c1ccccc1)C1CCCN1.CC[C@H]1O[C@@H](C)CC1O[P@@]1O[C@H](c2ccccc2)C2CCCN21.COC1C[C@H](C)O[C@@H]1CO.CP.CP.CP.[B].[B][C@H]1CC(OP(O)(=S)OC[C@H]2O[CH-]CC2O)[C@@H](CO)O1.[H+].[HH].[Th].[U]. The van der Waals surface area contributed by atoms with Gasteiger partial charge in [-0.25, -0.2) is 11.3 Å². The molecule has 0 bridgehead atoms. The molecule has 11 heterocycles. The Labute approximate surface area is 778 Å². The van der Waals surface area contributed by atoms with Crippen molar-refractivity contribution >= 4 is 87.9 Å². The fraction of sp³-hybridized carbons (Fsp3) is 0.833. The molecular formula is C78H145B2N2O25P7SThU+. The van der Waals surface area contributed by atoms with Gasteiger partial charge in [-0.05, 0) is 129 Å². The van der Waals surface area contributed by atoms with E-state index in [0.717, 1.165) is 89.3 Å². The van der Waals surface area contributed by atoms with E-state index in [1.807, 2.05) is 46.8 Å². The number of hydrogen-bond acceptors (Lipinski definition) is 26. The van der Waals surface area contributed by atoms with Crippen LogP contribution in [0.3, 0.4) is 0 Å². The number of methoxy groups -OCH3 is 3. The van der Waals surface area contributed by atoms with Crippen LogP contribution in [0.2, 0.25) is 0 Å². The van der Waals surface area contributed by atoms with Crippen LogP contribution in [-0.4, -0.2) is 279 Å². The number of aliphatic hydroxyl groups excluding tert-OH is 3. The summed E-state index contributed by atoms with van der Waals surface area (Å²) in [7, 11) is 12.9. The summed E-state index contributed by atoms with van der Waals surface area (Å²) in [6.07, 6.45) is 14.1. The molecule has 34 atom stereocenters. The summed E-state index contributed by atoms with van der Waals surface area (Å²) in [6.45, 7) is 26.7. The van der Waals surface area contributed by atoms with Crippen molar-refractivity contribution in [2.75, 3.05) is 80.8 Å². The third-order valence-corrected chi connectivity index (χ3v) is 26.1. The summed E-state index contributed by atoms with van der Waals surface area (Å²) in [5.74, 6) is 0. The van der Waals surface area contributed by atoms with E-state index in [1.165, 1.54) is 25.0 Å². The Kier molecular flexibility index (Phi) is 63.1. The smallest absolute Gasteiger partial charge is 0.546 e. The Balaban J connectivity index is 0.00000144. The normalized spacial score (nSPS) is 36.1. The van der Waals surface area contributed by atoms with E-state index in [9.17, 15) is 14.6 Å². The Hall–Kier alpha value is 2.81. The van der Waals surface area contributed by atoms with Crippen molar-refractivity contribution in [2.45, 2.75) is 337 Å². The maximum Gasteiger partial charge on any atom is 1.00 e. The molecule has 0 amide bonds. The topological polar surface area (TPSA) is 309 Å².